The Labute approximate surface area is 106 Å². The van der Waals surface area contributed by atoms with Crippen LogP contribution in [0.2, 0.25) is 5.02 Å². The first-order valence-corrected chi connectivity index (χ1v) is 6.95. The Bertz CT molecular complexity index is 466. The number of aliphatic hydroxyl groups is 1. The van der Waals surface area contributed by atoms with E-state index in [0.717, 1.165) is 0 Å². The van der Waals surface area contributed by atoms with Gasteiger partial charge in [-0.3, -0.25) is 0 Å². The van der Waals surface area contributed by atoms with E-state index in [-0.39, 0.29) is 22.2 Å². The lowest BCUT2D eigenvalue weighted by Gasteiger charge is -2.16. The Kier molecular flexibility index (Phi) is 4.76. The summed E-state index contributed by atoms with van der Waals surface area (Å²) in [5, 5.41) is 9.04. The van der Waals surface area contributed by atoms with Crippen LogP contribution in [0.1, 0.15) is 13.3 Å². The van der Waals surface area contributed by atoms with Crippen LogP contribution in [0.4, 0.5) is 5.69 Å². The summed E-state index contributed by atoms with van der Waals surface area (Å²) in [6.45, 7) is 1.49. The number of hydrogen-bond acceptors (Lipinski definition) is 4. The van der Waals surface area contributed by atoms with Crippen molar-refractivity contribution in [2.24, 2.45) is 0 Å². The Morgan fingerprint density at radius 2 is 2.18 bits per heavy atom. The highest BCUT2D eigenvalue weighted by molar-refractivity contribution is 7.89. The Morgan fingerprint density at radius 1 is 1.53 bits per heavy atom. The lowest BCUT2D eigenvalue weighted by atomic mass is 10.3. The van der Waals surface area contributed by atoms with Crippen molar-refractivity contribution in [3.63, 3.8) is 0 Å². The molecule has 0 aliphatic rings. The number of aliphatic hydroxyl groups excluding tert-OH is 1. The number of nitrogens with two attached hydrogens (primary N) is 1. The second kappa shape index (κ2) is 5.68. The summed E-state index contributed by atoms with van der Waals surface area (Å²) in [5.74, 6) is 0. The molecule has 0 fully saturated rings. The first-order chi connectivity index (χ1) is 7.92. The van der Waals surface area contributed by atoms with Crippen molar-refractivity contribution in [1.82, 2.24) is 4.72 Å². The van der Waals surface area contributed by atoms with Crippen molar-refractivity contribution in [1.29, 1.82) is 0 Å². The van der Waals surface area contributed by atoms with E-state index >= 15 is 0 Å². The van der Waals surface area contributed by atoms with Gasteiger partial charge >= 0.3 is 0 Å². The zero-order valence-electron chi connectivity index (χ0n) is 9.35. The van der Waals surface area contributed by atoms with Crippen molar-refractivity contribution < 1.29 is 13.5 Å². The topological polar surface area (TPSA) is 92.4 Å². The van der Waals surface area contributed by atoms with Gasteiger partial charge in [0.15, 0.2) is 0 Å². The molecule has 17 heavy (non-hydrogen) atoms. The summed E-state index contributed by atoms with van der Waals surface area (Å²) in [5.41, 5.74) is 5.68. The van der Waals surface area contributed by atoms with Gasteiger partial charge < -0.3 is 10.8 Å². The van der Waals surface area contributed by atoms with E-state index in [1.54, 1.807) is 13.0 Å². The van der Waals surface area contributed by atoms with Crippen LogP contribution >= 0.6 is 11.6 Å². The predicted molar refractivity (Wildman–Crippen MR) is 67.4 cm³/mol. The minimum Gasteiger partial charge on any atom is -0.398 e. The molecule has 0 aliphatic carbocycles. The van der Waals surface area contributed by atoms with Crippen LogP contribution in [0.25, 0.3) is 0 Å². The fraction of sp³-hybridized carbons (Fsp3) is 0.400. The average molecular weight is 279 g/mol. The number of sulfonamides is 1. The molecule has 7 heteroatoms. The Balaban J connectivity index is 3.14. The summed E-state index contributed by atoms with van der Waals surface area (Å²) >= 11 is 5.82. The fourth-order valence-electron chi connectivity index (χ4n) is 1.34. The van der Waals surface area contributed by atoms with E-state index in [0.29, 0.717) is 6.42 Å². The average Bonchev–Trinajstić information content (AvgIpc) is 2.25. The zero-order valence-corrected chi connectivity index (χ0v) is 10.9. The first kappa shape index (κ1) is 14.2. The molecule has 0 aromatic heterocycles. The number of anilines is 1. The summed E-state index contributed by atoms with van der Waals surface area (Å²) in [6.07, 6.45) is 0.472. The van der Waals surface area contributed by atoms with Crippen LogP contribution in [-0.4, -0.2) is 26.2 Å². The minimum absolute atomic E-state index is 0.0605. The highest BCUT2D eigenvalue weighted by atomic mass is 35.5. The highest BCUT2D eigenvalue weighted by Crippen LogP contribution is 2.27. The van der Waals surface area contributed by atoms with Crippen molar-refractivity contribution in [2.45, 2.75) is 24.3 Å². The molecule has 0 heterocycles. The minimum atomic E-state index is -3.81. The third kappa shape index (κ3) is 3.32. The number of rotatable bonds is 5. The molecule has 0 radical (unpaired) electrons. The van der Waals surface area contributed by atoms with Crippen LogP contribution in [0.3, 0.4) is 0 Å². The lowest BCUT2D eigenvalue weighted by molar-refractivity contribution is 0.254. The van der Waals surface area contributed by atoms with Crippen molar-refractivity contribution >= 4 is 27.3 Å². The van der Waals surface area contributed by atoms with Gasteiger partial charge in [-0.2, -0.15) is 0 Å². The van der Waals surface area contributed by atoms with Gasteiger partial charge in [0.2, 0.25) is 10.0 Å². The van der Waals surface area contributed by atoms with E-state index in [2.05, 4.69) is 4.72 Å². The molecular weight excluding hydrogens is 264 g/mol. The highest BCUT2D eigenvalue weighted by Gasteiger charge is 2.23. The van der Waals surface area contributed by atoms with Crippen LogP contribution in [-0.2, 0) is 10.0 Å². The molecular formula is C10H15ClN2O3S. The summed E-state index contributed by atoms with van der Waals surface area (Å²) < 4.78 is 26.4. The number of benzene rings is 1. The van der Waals surface area contributed by atoms with Crippen molar-refractivity contribution in [3.05, 3.63) is 23.2 Å². The number of halogens is 1. The number of nitrogens with one attached hydrogen (secondary N) is 1. The molecule has 1 aromatic rings. The van der Waals surface area contributed by atoms with E-state index in [1.807, 2.05) is 0 Å². The fourth-order valence-corrected chi connectivity index (χ4v) is 3.32. The Morgan fingerprint density at radius 3 is 2.65 bits per heavy atom. The molecule has 0 aliphatic heterocycles. The van der Waals surface area contributed by atoms with Crippen LogP contribution in [0.5, 0.6) is 0 Å². The van der Waals surface area contributed by atoms with Crippen LogP contribution in [0.15, 0.2) is 23.1 Å². The van der Waals surface area contributed by atoms with E-state index < -0.39 is 16.1 Å². The molecule has 0 bridgehead atoms. The zero-order chi connectivity index (χ0) is 13.1. The first-order valence-electron chi connectivity index (χ1n) is 5.09. The largest absolute Gasteiger partial charge is 0.398 e. The molecule has 0 spiro atoms. The smallest absolute Gasteiger partial charge is 0.244 e. The van der Waals surface area contributed by atoms with Gasteiger partial charge in [0.1, 0.15) is 4.90 Å². The third-order valence-corrected chi connectivity index (χ3v) is 4.36. The lowest BCUT2D eigenvalue weighted by Crippen LogP contribution is -2.37. The van der Waals surface area contributed by atoms with Gasteiger partial charge in [0, 0.05) is 6.04 Å². The van der Waals surface area contributed by atoms with Crippen LogP contribution in [0, 0.1) is 0 Å². The monoisotopic (exact) mass is 278 g/mol. The molecule has 0 unspecified atom stereocenters. The summed E-state index contributed by atoms with van der Waals surface area (Å²) in [7, 11) is -3.81. The molecule has 1 aromatic carbocycles. The third-order valence-electron chi connectivity index (χ3n) is 2.30. The Hall–Kier alpha value is -0.820. The quantitative estimate of drug-likeness (QED) is 0.700. The predicted octanol–water partition coefficient (Wildman–Crippen LogP) is 0.971. The van der Waals surface area contributed by atoms with Gasteiger partial charge in [-0.25, -0.2) is 13.1 Å². The van der Waals surface area contributed by atoms with E-state index in [4.69, 9.17) is 22.4 Å². The molecule has 5 nitrogen and oxygen atoms in total. The van der Waals surface area contributed by atoms with E-state index in [9.17, 15) is 8.42 Å². The molecule has 0 saturated heterocycles. The van der Waals surface area contributed by atoms with Gasteiger partial charge in [-0.15, -0.1) is 0 Å². The molecule has 0 amide bonds. The molecule has 1 atom stereocenters. The summed E-state index contributed by atoms with van der Waals surface area (Å²) in [6, 6.07) is 3.93. The molecule has 4 N–H and O–H groups in total. The maximum Gasteiger partial charge on any atom is 0.244 e. The second-order valence-electron chi connectivity index (χ2n) is 3.57. The van der Waals surface area contributed by atoms with Gasteiger partial charge in [-0.05, 0) is 18.6 Å². The number of hydrogen-bond donors (Lipinski definition) is 3. The van der Waals surface area contributed by atoms with E-state index in [1.165, 1.54) is 12.1 Å². The maximum absolute atomic E-state index is 12.0. The second-order valence-corrected chi connectivity index (χ2v) is 5.63. The van der Waals surface area contributed by atoms with Gasteiger partial charge in [-0.1, -0.05) is 24.6 Å². The van der Waals surface area contributed by atoms with Crippen molar-refractivity contribution in [3.8, 4) is 0 Å². The summed E-state index contributed by atoms with van der Waals surface area (Å²) in [4.78, 5) is -0.145. The maximum atomic E-state index is 12.0. The van der Waals surface area contributed by atoms with Crippen molar-refractivity contribution in [2.75, 3.05) is 12.3 Å². The molecule has 96 valence electrons. The SMILES string of the molecule is CC[C@H](CO)NS(=O)(=O)c1c(N)cccc1Cl. The van der Waals surface area contributed by atoms with Crippen LogP contribution < -0.4 is 10.5 Å². The van der Waals surface area contributed by atoms with Gasteiger partial charge in [0.05, 0.1) is 17.3 Å². The normalized spacial score (nSPS) is 13.6. The number of nitrogen functional groups attached to an aromatic ring is 1. The molecule has 0 saturated carbocycles. The molecule has 1 rings (SSSR count). The standard InChI is InChI=1S/C10H15ClN2O3S/c1-2-7(6-14)13-17(15,16)10-8(11)4-3-5-9(10)12/h3-5,7,13-14H,2,6,12H2,1H3/t7-/m1/s1. The van der Waals surface area contributed by atoms with Gasteiger partial charge in [0.25, 0.3) is 0 Å².